The van der Waals surface area contributed by atoms with E-state index in [4.69, 9.17) is 16.3 Å². The van der Waals surface area contributed by atoms with Crippen LogP contribution < -0.4 is 15.0 Å². The van der Waals surface area contributed by atoms with Gasteiger partial charge in [-0.25, -0.2) is 0 Å². The van der Waals surface area contributed by atoms with E-state index >= 15 is 0 Å². The third kappa shape index (κ3) is 5.66. The van der Waals surface area contributed by atoms with E-state index in [1.54, 1.807) is 13.2 Å². The number of piperazine rings is 1. The van der Waals surface area contributed by atoms with Gasteiger partial charge in [-0.05, 0) is 43.2 Å². The molecule has 1 saturated heterocycles. The number of carbonyl (C=O) groups excluding carboxylic acids is 2. The SMILES string of the molecule is COc1ccccc1N1CCN(C(=O)CCCC(=O)Nc2ccc(C)c(Cl)c2)CC1. The smallest absolute Gasteiger partial charge is 0.224 e. The summed E-state index contributed by atoms with van der Waals surface area (Å²) in [6.45, 7) is 4.78. The van der Waals surface area contributed by atoms with Gasteiger partial charge in [0.25, 0.3) is 0 Å². The third-order valence-corrected chi connectivity index (χ3v) is 5.72. The number of hydrogen-bond donors (Lipinski definition) is 1. The van der Waals surface area contributed by atoms with Gasteiger partial charge in [-0.3, -0.25) is 9.59 Å². The van der Waals surface area contributed by atoms with Crippen molar-refractivity contribution >= 4 is 34.8 Å². The lowest BCUT2D eigenvalue weighted by Gasteiger charge is -2.36. The molecule has 0 spiro atoms. The molecule has 2 amide bonds. The molecule has 30 heavy (non-hydrogen) atoms. The van der Waals surface area contributed by atoms with Crippen molar-refractivity contribution in [1.29, 1.82) is 0 Å². The Morgan fingerprint density at radius 3 is 2.50 bits per heavy atom. The van der Waals surface area contributed by atoms with E-state index in [0.717, 1.165) is 30.1 Å². The molecule has 0 aliphatic carbocycles. The van der Waals surface area contributed by atoms with Gasteiger partial charge in [-0.15, -0.1) is 0 Å². The molecule has 6 nitrogen and oxygen atoms in total. The third-order valence-electron chi connectivity index (χ3n) is 5.31. The van der Waals surface area contributed by atoms with Crippen LogP contribution in [0.15, 0.2) is 42.5 Å². The van der Waals surface area contributed by atoms with E-state index in [1.165, 1.54) is 0 Å². The Morgan fingerprint density at radius 1 is 1.07 bits per heavy atom. The van der Waals surface area contributed by atoms with Crippen LogP contribution in [-0.4, -0.2) is 50.0 Å². The first kappa shape index (κ1) is 22.0. The van der Waals surface area contributed by atoms with Crippen molar-refractivity contribution in [3.8, 4) is 5.75 Å². The molecule has 0 atom stereocenters. The van der Waals surface area contributed by atoms with Crippen LogP contribution >= 0.6 is 11.6 Å². The van der Waals surface area contributed by atoms with Crippen molar-refractivity contribution in [2.75, 3.05) is 43.5 Å². The summed E-state index contributed by atoms with van der Waals surface area (Å²) < 4.78 is 5.44. The molecule has 0 bridgehead atoms. The predicted molar refractivity (Wildman–Crippen MR) is 120 cm³/mol. The number of halogens is 1. The van der Waals surface area contributed by atoms with Crippen LogP contribution in [0.4, 0.5) is 11.4 Å². The first-order chi connectivity index (χ1) is 14.5. The van der Waals surface area contributed by atoms with E-state index in [2.05, 4.69) is 10.2 Å². The quantitative estimate of drug-likeness (QED) is 0.719. The molecule has 1 heterocycles. The van der Waals surface area contributed by atoms with Gasteiger partial charge >= 0.3 is 0 Å². The van der Waals surface area contributed by atoms with Crippen LogP contribution in [0.25, 0.3) is 0 Å². The second kappa shape index (κ2) is 10.3. The average Bonchev–Trinajstić information content (AvgIpc) is 2.76. The predicted octanol–water partition coefficient (Wildman–Crippen LogP) is 4.11. The zero-order valence-corrected chi connectivity index (χ0v) is 18.2. The molecule has 7 heteroatoms. The van der Waals surface area contributed by atoms with Crippen molar-refractivity contribution < 1.29 is 14.3 Å². The Hall–Kier alpha value is -2.73. The van der Waals surface area contributed by atoms with Crippen molar-refractivity contribution in [2.24, 2.45) is 0 Å². The molecule has 0 aromatic heterocycles. The summed E-state index contributed by atoms with van der Waals surface area (Å²) in [5.74, 6) is 0.836. The average molecular weight is 430 g/mol. The molecule has 1 aliphatic heterocycles. The maximum atomic E-state index is 12.5. The van der Waals surface area contributed by atoms with E-state index in [-0.39, 0.29) is 11.8 Å². The zero-order valence-electron chi connectivity index (χ0n) is 17.5. The second-order valence-corrected chi connectivity index (χ2v) is 7.81. The Balaban J connectivity index is 1.40. The van der Waals surface area contributed by atoms with Gasteiger partial charge in [-0.2, -0.15) is 0 Å². The van der Waals surface area contributed by atoms with Crippen molar-refractivity contribution in [3.05, 3.63) is 53.1 Å². The number of carbonyl (C=O) groups is 2. The van der Waals surface area contributed by atoms with Crippen molar-refractivity contribution in [3.63, 3.8) is 0 Å². The van der Waals surface area contributed by atoms with Crippen molar-refractivity contribution in [2.45, 2.75) is 26.2 Å². The Kier molecular flexibility index (Phi) is 7.57. The molecule has 3 rings (SSSR count). The van der Waals surface area contributed by atoms with Gasteiger partial charge in [0.05, 0.1) is 12.8 Å². The fourth-order valence-electron chi connectivity index (χ4n) is 3.54. The molecule has 1 aliphatic rings. The minimum absolute atomic E-state index is 0.0980. The summed E-state index contributed by atoms with van der Waals surface area (Å²) in [5.41, 5.74) is 2.69. The highest BCUT2D eigenvalue weighted by Gasteiger charge is 2.22. The van der Waals surface area contributed by atoms with E-state index in [1.807, 2.05) is 48.2 Å². The first-order valence-electron chi connectivity index (χ1n) is 10.2. The summed E-state index contributed by atoms with van der Waals surface area (Å²) in [4.78, 5) is 28.8. The minimum Gasteiger partial charge on any atom is -0.495 e. The van der Waals surface area contributed by atoms with E-state index < -0.39 is 0 Å². The molecular weight excluding hydrogens is 402 g/mol. The topological polar surface area (TPSA) is 61.9 Å². The Bertz CT molecular complexity index is 895. The number of para-hydroxylation sites is 2. The largest absolute Gasteiger partial charge is 0.495 e. The lowest BCUT2D eigenvalue weighted by atomic mass is 10.1. The number of rotatable bonds is 7. The van der Waals surface area contributed by atoms with Crippen LogP contribution in [0.2, 0.25) is 5.02 Å². The summed E-state index contributed by atoms with van der Waals surface area (Å²) >= 11 is 6.08. The normalized spacial score (nSPS) is 13.8. The molecule has 0 saturated carbocycles. The van der Waals surface area contributed by atoms with Crippen LogP contribution in [0, 0.1) is 6.92 Å². The number of hydrogen-bond acceptors (Lipinski definition) is 4. The molecular formula is C23H28ClN3O3. The summed E-state index contributed by atoms with van der Waals surface area (Å²) in [6.07, 6.45) is 1.20. The highest BCUT2D eigenvalue weighted by molar-refractivity contribution is 6.31. The number of nitrogens with zero attached hydrogens (tertiary/aromatic N) is 2. The fourth-order valence-corrected chi connectivity index (χ4v) is 3.72. The van der Waals surface area contributed by atoms with Crippen molar-refractivity contribution in [1.82, 2.24) is 4.90 Å². The molecule has 160 valence electrons. The summed E-state index contributed by atoms with van der Waals surface area (Å²) in [6, 6.07) is 13.4. The van der Waals surface area contributed by atoms with Crippen LogP contribution in [0.5, 0.6) is 5.75 Å². The Labute approximate surface area is 182 Å². The Morgan fingerprint density at radius 2 is 1.80 bits per heavy atom. The number of methoxy groups -OCH3 is 1. The molecule has 0 unspecified atom stereocenters. The second-order valence-electron chi connectivity index (χ2n) is 7.41. The van der Waals surface area contributed by atoms with Gasteiger partial charge in [0.15, 0.2) is 0 Å². The van der Waals surface area contributed by atoms with Gasteiger partial charge < -0.3 is 19.9 Å². The number of ether oxygens (including phenoxy) is 1. The molecule has 1 N–H and O–H groups in total. The standard InChI is InChI=1S/C23H28ClN3O3/c1-17-10-11-18(16-19(17)24)25-22(28)8-5-9-23(29)27-14-12-26(13-15-27)20-6-3-4-7-21(20)30-2/h3-4,6-7,10-11,16H,5,8-9,12-15H2,1-2H3,(H,25,28). The van der Waals surface area contributed by atoms with E-state index in [9.17, 15) is 9.59 Å². The maximum Gasteiger partial charge on any atom is 0.224 e. The minimum atomic E-state index is -0.108. The van der Waals surface area contributed by atoms with Crippen LogP contribution in [0.1, 0.15) is 24.8 Å². The maximum absolute atomic E-state index is 12.5. The number of benzene rings is 2. The van der Waals surface area contributed by atoms with Gasteiger partial charge in [0.1, 0.15) is 5.75 Å². The number of nitrogens with one attached hydrogen (secondary N) is 1. The van der Waals surface area contributed by atoms with Gasteiger partial charge in [0, 0.05) is 49.7 Å². The van der Waals surface area contributed by atoms with Gasteiger partial charge in [0.2, 0.25) is 11.8 Å². The summed E-state index contributed by atoms with van der Waals surface area (Å²) in [5, 5.41) is 3.45. The molecule has 0 radical (unpaired) electrons. The van der Waals surface area contributed by atoms with Crippen LogP contribution in [0.3, 0.4) is 0 Å². The summed E-state index contributed by atoms with van der Waals surface area (Å²) in [7, 11) is 1.67. The number of anilines is 2. The molecule has 1 fully saturated rings. The monoisotopic (exact) mass is 429 g/mol. The zero-order chi connectivity index (χ0) is 21.5. The molecule has 2 aromatic carbocycles. The van der Waals surface area contributed by atoms with E-state index in [0.29, 0.717) is 43.1 Å². The van der Waals surface area contributed by atoms with Crippen LogP contribution in [-0.2, 0) is 9.59 Å². The lowest BCUT2D eigenvalue weighted by Crippen LogP contribution is -2.48. The number of aryl methyl sites for hydroxylation is 1. The first-order valence-corrected chi connectivity index (χ1v) is 10.6. The highest BCUT2D eigenvalue weighted by atomic mass is 35.5. The van der Waals surface area contributed by atoms with Gasteiger partial charge in [-0.1, -0.05) is 29.8 Å². The lowest BCUT2D eigenvalue weighted by molar-refractivity contribution is -0.131. The fraction of sp³-hybridized carbons (Fsp3) is 0.391. The number of amides is 2. The molecule has 2 aromatic rings. The highest BCUT2D eigenvalue weighted by Crippen LogP contribution is 2.28.